The van der Waals surface area contributed by atoms with Crippen molar-refractivity contribution in [3.63, 3.8) is 0 Å². The van der Waals surface area contributed by atoms with E-state index in [9.17, 15) is 4.79 Å². The van der Waals surface area contributed by atoms with Gasteiger partial charge in [-0.3, -0.25) is 4.79 Å². The minimum Gasteiger partial charge on any atom is -0.480 e. The summed E-state index contributed by atoms with van der Waals surface area (Å²) in [6.07, 6.45) is 2.51. The number of carboxylic acids is 1. The van der Waals surface area contributed by atoms with E-state index >= 15 is 0 Å². The van der Waals surface area contributed by atoms with Gasteiger partial charge in [0, 0.05) is 6.42 Å². The van der Waals surface area contributed by atoms with Crippen molar-refractivity contribution in [2.75, 3.05) is 0 Å². The maximum absolute atomic E-state index is 10.5. The molecule has 0 saturated heterocycles. The average Bonchev–Trinajstić information content (AvgIpc) is 2.84. The molecular formula is C13H16N4O2. The Kier molecular flexibility index (Phi) is 4.22. The SMILES string of the molecule is CCc1ccc(CCc2nnn(CC(=O)O)n2)cc1. The largest absolute Gasteiger partial charge is 0.480 e. The predicted molar refractivity (Wildman–Crippen MR) is 68.7 cm³/mol. The predicted octanol–water partition coefficient (Wildman–Crippen LogP) is 1.11. The first kappa shape index (κ1) is 13.2. The second kappa shape index (κ2) is 6.08. The van der Waals surface area contributed by atoms with Crippen LogP contribution in [0.3, 0.4) is 0 Å². The Bertz CT molecular complexity index is 548. The molecule has 0 unspecified atom stereocenters. The second-order valence-corrected chi connectivity index (χ2v) is 4.30. The van der Waals surface area contributed by atoms with Crippen molar-refractivity contribution >= 4 is 5.97 Å². The van der Waals surface area contributed by atoms with E-state index in [1.165, 1.54) is 11.1 Å². The Hall–Kier alpha value is -2.24. The fourth-order valence-corrected chi connectivity index (χ4v) is 1.76. The van der Waals surface area contributed by atoms with E-state index < -0.39 is 5.97 Å². The number of aryl methyl sites for hydroxylation is 3. The molecule has 0 fully saturated rings. The quantitative estimate of drug-likeness (QED) is 0.841. The molecular weight excluding hydrogens is 244 g/mol. The number of aliphatic carboxylic acids is 1. The Labute approximate surface area is 111 Å². The van der Waals surface area contributed by atoms with Gasteiger partial charge in [-0.05, 0) is 29.2 Å². The Morgan fingerprint density at radius 3 is 2.53 bits per heavy atom. The normalized spacial score (nSPS) is 10.6. The van der Waals surface area contributed by atoms with E-state index in [4.69, 9.17) is 5.11 Å². The van der Waals surface area contributed by atoms with E-state index in [1.807, 2.05) is 0 Å². The van der Waals surface area contributed by atoms with Crippen molar-refractivity contribution in [1.82, 2.24) is 20.2 Å². The number of aromatic nitrogens is 4. The number of carboxylic acid groups (broad SMARTS) is 1. The third-order valence-electron chi connectivity index (χ3n) is 2.84. The van der Waals surface area contributed by atoms with Gasteiger partial charge in [0.25, 0.3) is 0 Å². The summed E-state index contributed by atoms with van der Waals surface area (Å²) < 4.78 is 0. The summed E-state index contributed by atoms with van der Waals surface area (Å²) in [7, 11) is 0. The van der Waals surface area contributed by atoms with Crippen LogP contribution in [0.4, 0.5) is 0 Å². The first-order valence-corrected chi connectivity index (χ1v) is 6.23. The van der Waals surface area contributed by atoms with Gasteiger partial charge in [0.1, 0.15) is 0 Å². The van der Waals surface area contributed by atoms with Gasteiger partial charge in [-0.25, -0.2) is 0 Å². The number of nitrogens with zero attached hydrogens (tertiary/aromatic N) is 4. The highest BCUT2D eigenvalue weighted by molar-refractivity contribution is 5.66. The molecule has 0 atom stereocenters. The van der Waals surface area contributed by atoms with Crippen LogP contribution in [-0.4, -0.2) is 31.3 Å². The molecule has 1 aromatic heterocycles. The summed E-state index contributed by atoms with van der Waals surface area (Å²) in [6.45, 7) is 1.87. The van der Waals surface area contributed by atoms with Crippen LogP contribution in [0.25, 0.3) is 0 Å². The lowest BCUT2D eigenvalue weighted by Gasteiger charge is -2.00. The zero-order valence-electron chi connectivity index (χ0n) is 10.8. The summed E-state index contributed by atoms with van der Waals surface area (Å²) in [5.74, 6) is -0.403. The molecule has 19 heavy (non-hydrogen) atoms. The van der Waals surface area contributed by atoms with E-state index in [0.29, 0.717) is 12.2 Å². The molecule has 0 amide bonds. The van der Waals surface area contributed by atoms with Crippen molar-refractivity contribution in [1.29, 1.82) is 0 Å². The molecule has 0 aliphatic heterocycles. The molecule has 100 valence electrons. The van der Waals surface area contributed by atoms with Crippen molar-refractivity contribution in [2.45, 2.75) is 32.7 Å². The lowest BCUT2D eigenvalue weighted by atomic mass is 10.1. The summed E-state index contributed by atoms with van der Waals surface area (Å²) in [6, 6.07) is 8.43. The zero-order chi connectivity index (χ0) is 13.7. The molecule has 0 aliphatic rings. The van der Waals surface area contributed by atoms with Crippen molar-refractivity contribution < 1.29 is 9.90 Å². The third kappa shape index (κ3) is 3.87. The number of hydrogen-bond acceptors (Lipinski definition) is 4. The van der Waals surface area contributed by atoms with E-state index in [-0.39, 0.29) is 6.54 Å². The van der Waals surface area contributed by atoms with Gasteiger partial charge in [0.15, 0.2) is 12.4 Å². The standard InChI is InChI=1S/C13H16N4O2/c1-2-10-3-5-11(6-4-10)7-8-12-14-16-17(15-12)9-13(18)19/h3-6H,2,7-9H2,1H3,(H,18,19). The first-order chi connectivity index (χ1) is 9.17. The van der Waals surface area contributed by atoms with Gasteiger partial charge >= 0.3 is 5.97 Å². The van der Waals surface area contributed by atoms with E-state index in [2.05, 4.69) is 46.6 Å². The Morgan fingerprint density at radius 1 is 1.21 bits per heavy atom. The zero-order valence-corrected chi connectivity index (χ0v) is 10.8. The van der Waals surface area contributed by atoms with Crippen LogP contribution in [0.5, 0.6) is 0 Å². The van der Waals surface area contributed by atoms with Crippen molar-refractivity contribution in [3.05, 3.63) is 41.2 Å². The fraction of sp³-hybridized carbons (Fsp3) is 0.385. The lowest BCUT2D eigenvalue weighted by Crippen LogP contribution is -2.11. The van der Waals surface area contributed by atoms with Crippen molar-refractivity contribution in [2.24, 2.45) is 0 Å². The number of rotatable bonds is 6. The first-order valence-electron chi connectivity index (χ1n) is 6.23. The molecule has 2 aromatic rings. The molecule has 0 bridgehead atoms. The topological polar surface area (TPSA) is 80.9 Å². The van der Waals surface area contributed by atoms with Crippen LogP contribution in [-0.2, 0) is 30.6 Å². The van der Waals surface area contributed by atoms with Gasteiger partial charge in [0.05, 0.1) is 0 Å². The van der Waals surface area contributed by atoms with E-state index in [1.54, 1.807) is 0 Å². The molecule has 6 heteroatoms. The molecule has 2 rings (SSSR count). The maximum Gasteiger partial charge on any atom is 0.327 e. The monoisotopic (exact) mass is 260 g/mol. The van der Waals surface area contributed by atoms with Gasteiger partial charge < -0.3 is 5.11 Å². The maximum atomic E-state index is 10.5. The van der Waals surface area contributed by atoms with Crippen LogP contribution < -0.4 is 0 Å². The highest BCUT2D eigenvalue weighted by Gasteiger charge is 2.06. The second-order valence-electron chi connectivity index (χ2n) is 4.30. The minimum absolute atomic E-state index is 0.252. The lowest BCUT2D eigenvalue weighted by molar-refractivity contribution is -0.138. The smallest absolute Gasteiger partial charge is 0.327 e. The van der Waals surface area contributed by atoms with E-state index in [0.717, 1.165) is 17.6 Å². The summed E-state index contributed by atoms with van der Waals surface area (Å²) in [4.78, 5) is 11.6. The molecule has 0 radical (unpaired) electrons. The molecule has 0 saturated carbocycles. The number of hydrogen-bond donors (Lipinski definition) is 1. The third-order valence-corrected chi connectivity index (χ3v) is 2.84. The van der Waals surface area contributed by atoms with Gasteiger partial charge in [-0.15, -0.1) is 10.2 Å². The van der Waals surface area contributed by atoms with Crippen LogP contribution >= 0.6 is 0 Å². The van der Waals surface area contributed by atoms with Gasteiger partial charge in [-0.1, -0.05) is 31.2 Å². The van der Waals surface area contributed by atoms with Crippen LogP contribution in [0, 0.1) is 0 Å². The molecule has 0 aliphatic carbocycles. The molecule has 6 nitrogen and oxygen atoms in total. The number of benzene rings is 1. The number of tetrazole rings is 1. The fourth-order valence-electron chi connectivity index (χ4n) is 1.76. The summed E-state index contributed by atoms with van der Waals surface area (Å²) in [5.41, 5.74) is 2.53. The average molecular weight is 260 g/mol. The van der Waals surface area contributed by atoms with Gasteiger partial charge in [0.2, 0.25) is 0 Å². The van der Waals surface area contributed by atoms with Gasteiger partial charge in [-0.2, -0.15) is 4.80 Å². The molecule has 1 aromatic carbocycles. The highest BCUT2D eigenvalue weighted by Crippen LogP contribution is 2.07. The Balaban J connectivity index is 1.90. The molecule has 1 heterocycles. The van der Waals surface area contributed by atoms with Crippen molar-refractivity contribution in [3.8, 4) is 0 Å². The minimum atomic E-state index is -0.973. The van der Waals surface area contributed by atoms with Crippen LogP contribution in [0.1, 0.15) is 23.9 Å². The summed E-state index contributed by atoms with van der Waals surface area (Å²) >= 11 is 0. The highest BCUT2D eigenvalue weighted by atomic mass is 16.4. The molecule has 0 spiro atoms. The van der Waals surface area contributed by atoms with Crippen LogP contribution in [0.2, 0.25) is 0 Å². The van der Waals surface area contributed by atoms with Crippen LogP contribution in [0.15, 0.2) is 24.3 Å². The molecule has 1 N–H and O–H groups in total. The summed E-state index contributed by atoms with van der Waals surface area (Å²) in [5, 5.41) is 20.1. The Morgan fingerprint density at radius 2 is 1.89 bits per heavy atom. The number of carbonyl (C=O) groups is 1.